The lowest BCUT2D eigenvalue weighted by molar-refractivity contribution is 0.00673. The van der Waals surface area contributed by atoms with Crippen molar-refractivity contribution in [3.05, 3.63) is 36.2 Å². The van der Waals surface area contributed by atoms with Gasteiger partial charge in [0.25, 0.3) is 5.91 Å². The molecule has 0 aliphatic carbocycles. The molecule has 0 bridgehead atoms. The fraction of sp³-hybridized carbons (Fsp3) is 0.529. The highest BCUT2D eigenvalue weighted by atomic mass is 16.5. The number of amides is 1. The van der Waals surface area contributed by atoms with Crippen LogP contribution in [0.5, 0.6) is 0 Å². The highest BCUT2D eigenvalue weighted by Crippen LogP contribution is 2.13. The summed E-state index contributed by atoms with van der Waals surface area (Å²) in [6.07, 6.45) is 1.50. The van der Waals surface area contributed by atoms with Gasteiger partial charge in [0.1, 0.15) is 6.33 Å². The molecule has 0 saturated carbocycles. The van der Waals surface area contributed by atoms with Crippen LogP contribution in [-0.2, 0) is 4.74 Å². The van der Waals surface area contributed by atoms with Gasteiger partial charge in [-0.2, -0.15) is 0 Å². The predicted molar refractivity (Wildman–Crippen MR) is 92.5 cm³/mol. The molecule has 1 N–H and O–H groups in total. The van der Waals surface area contributed by atoms with E-state index in [0.29, 0.717) is 24.1 Å². The zero-order valence-corrected chi connectivity index (χ0v) is 14.6. The Balaban J connectivity index is 1.64. The largest absolute Gasteiger partial charge is 0.379 e. The molecule has 1 aliphatic heterocycles. The zero-order valence-electron chi connectivity index (χ0n) is 14.6. The van der Waals surface area contributed by atoms with Gasteiger partial charge in [-0.3, -0.25) is 9.69 Å². The first-order valence-electron chi connectivity index (χ1n) is 8.58. The van der Waals surface area contributed by atoms with Crippen molar-refractivity contribution in [1.29, 1.82) is 0 Å². The summed E-state index contributed by atoms with van der Waals surface area (Å²) in [5, 5.41) is 14.2. The van der Waals surface area contributed by atoms with Crippen LogP contribution >= 0.6 is 0 Å². The number of nitrogens with zero attached hydrogens (tertiary/aromatic N) is 5. The number of morpholine rings is 1. The summed E-state index contributed by atoms with van der Waals surface area (Å²) in [4.78, 5) is 15.0. The van der Waals surface area contributed by atoms with Gasteiger partial charge in [-0.05, 0) is 34.5 Å². The van der Waals surface area contributed by atoms with E-state index in [4.69, 9.17) is 4.74 Å². The number of hydrogen-bond acceptors (Lipinski definition) is 6. The molecule has 1 unspecified atom stereocenters. The van der Waals surface area contributed by atoms with Gasteiger partial charge in [0.05, 0.1) is 18.9 Å². The average Bonchev–Trinajstić information content (AvgIpc) is 3.17. The van der Waals surface area contributed by atoms with E-state index in [-0.39, 0.29) is 5.91 Å². The lowest BCUT2D eigenvalue weighted by Crippen LogP contribution is -2.51. The third-order valence-electron chi connectivity index (χ3n) is 4.48. The van der Waals surface area contributed by atoms with Crippen LogP contribution in [0.4, 0.5) is 0 Å². The number of benzene rings is 1. The molecule has 1 atom stereocenters. The summed E-state index contributed by atoms with van der Waals surface area (Å²) < 4.78 is 6.95. The molecule has 2 aromatic rings. The van der Waals surface area contributed by atoms with Gasteiger partial charge in [0, 0.05) is 31.2 Å². The highest BCUT2D eigenvalue weighted by Gasteiger charge is 2.24. The van der Waals surface area contributed by atoms with E-state index >= 15 is 0 Å². The van der Waals surface area contributed by atoms with Crippen LogP contribution in [-0.4, -0.2) is 69.9 Å². The quantitative estimate of drug-likeness (QED) is 0.832. The van der Waals surface area contributed by atoms with Gasteiger partial charge in [-0.15, -0.1) is 5.10 Å². The van der Waals surface area contributed by atoms with Crippen molar-refractivity contribution in [2.45, 2.75) is 19.9 Å². The van der Waals surface area contributed by atoms with Crippen LogP contribution in [0.15, 0.2) is 30.6 Å². The minimum atomic E-state index is -0.0890. The number of ether oxygens (including phenoxy) is 1. The summed E-state index contributed by atoms with van der Waals surface area (Å²) in [5.41, 5.74) is 1.35. The van der Waals surface area contributed by atoms with Crippen LogP contribution in [0.2, 0.25) is 0 Å². The Morgan fingerprint density at radius 1 is 1.32 bits per heavy atom. The molecule has 0 spiro atoms. The molecule has 0 radical (unpaired) electrons. The van der Waals surface area contributed by atoms with Crippen LogP contribution in [0.25, 0.3) is 5.69 Å². The third kappa shape index (κ3) is 4.40. The van der Waals surface area contributed by atoms with E-state index < -0.39 is 0 Å². The van der Waals surface area contributed by atoms with E-state index in [2.05, 4.69) is 39.6 Å². The molecule has 8 nitrogen and oxygen atoms in total. The van der Waals surface area contributed by atoms with E-state index in [0.717, 1.165) is 32.0 Å². The highest BCUT2D eigenvalue weighted by molar-refractivity contribution is 5.94. The van der Waals surface area contributed by atoms with Gasteiger partial charge in [0.2, 0.25) is 0 Å². The first kappa shape index (κ1) is 17.5. The molecule has 8 heteroatoms. The van der Waals surface area contributed by atoms with E-state index in [1.54, 1.807) is 12.1 Å². The topological polar surface area (TPSA) is 85.2 Å². The van der Waals surface area contributed by atoms with Gasteiger partial charge in [0.15, 0.2) is 0 Å². The van der Waals surface area contributed by atoms with Crippen LogP contribution < -0.4 is 5.32 Å². The van der Waals surface area contributed by atoms with Crippen molar-refractivity contribution >= 4 is 5.91 Å². The Kier molecular flexibility index (Phi) is 5.72. The molecule has 1 aliphatic rings. The number of rotatable bonds is 6. The maximum absolute atomic E-state index is 12.6. The maximum atomic E-state index is 12.6. The molecule has 3 rings (SSSR count). The summed E-state index contributed by atoms with van der Waals surface area (Å²) in [7, 11) is 0. The Labute approximate surface area is 147 Å². The molecule has 1 fully saturated rings. The monoisotopic (exact) mass is 344 g/mol. The first-order chi connectivity index (χ1) is 12.1. The second kappa shape index (κ2) is 8.17. The standard InChI is InChI=1S/C17H24N6O2/c1-13(2)16(22-6-8-25-9-7-22)11-18-17(24)14-4-3-5-15(10-14)23-12-19-20-21-23/h3-5,10,12-13,16H,6-9,11H2,1-2H3,(H,18,24). The number of tetrazole rings is 1. The van der Waals surface area contributed by atoms with Crippen molar-refractivity contribution in [3.63, 3.8) is 0 Å². The minimum Gasteiger partial charge on any atom is -0.379 e. The second-order valence-electron chi connectivity index (χ2n) is 6.47. The lowest BCUT2D eigenvalue weighted by atomic mass is 10.0. The Morgan fingerprint density at radius 2 is 2.12 bits per heavy atom. The van der Waals surface area contributed by atoms with Gasteiger partial charge in [-0.25, -0.2) is 4.68 Å². The van der Waals surface area contributed by atoms with E-state index in [1.807, 2.05) is 12.1 Å². The fourth-order valence-electron chi connectivity index (χ4n) is 3.06. The Hall–Kier alpha value is -2.32. The number of hydrogen-bond donors (Lipinski definition) is 1. The number of carbonyl (C=O) groups is 1. The number of aromatic nitrogens is 4. The molecular formula is C17H24N6O2. The van der Waals surface area contributed by atoms with Crippen LogP contribution in [0.1, 0.15) is 24.2 Å². The first-order valence-corrected chi connectivity index (χ1v) is 8.58. The van der Waals surface area contributed by atoms with Crippen molar-refractivity contribution < 1.29 is 9.53 Å². The number of carbonyl (C=O) groups excluding carboxylic acids is 1. The smallest absolute Gasteiger partial charge is 0.251 e. The van der Waals surface area contributed by atoms with Crippen LogP contribution in [0, 0.1) is 5.92 Å². The molecule has 1 aromatic heterocycles. The SMILES string of the molecule is CC(C)C(CNC(=O)c1cccc(-n2cnnn2)c1)N1CCOCC1. The summed E-state index contributed by atoms with van der Waals surface area (Å²) in [6.45, 7) is 8.32. The molecular weight excluding hydrogens is 320 g/mol. The Morgan fingerprint density at radius 3 is 2.80 bits per heavy atom. The summed E-state index contributed by atoms with van der Waals surface area (Å²) >= 11 is 0. The minimum absolute atomic E-state index is 0.0890. The molecule has 134 valence electrons. The maximum Gasteiger partial charge on any atom is 0.251 e. The van der Waals surface area contributed by atoms with E-state index in [9.17, 15) is 4.79 Å². The zero-order chi connectivity index (χ0) is 17.6. The molecule has 1 saturated heterocycles. The van der Waals surface area contributed by atoms with E-state index in [1.165, 1.54) is 11.0 Å². The molecule has 2 heterocycles. The predicted octanol–water partition coefficient (Wildman–Crippen LogP) is 0.749. The van der Waals surface area contributed by atoms with Crippen molar-refractivity contribution in [3.8, 4) is 5.69 Å². The van der Waals surface area contributed by atoms with Crippen molar-refractivity contribution in [2.24, 2.45) is 5.92 Å². The number of nitrogens with one attached hydrogen (secondary N) is 1. The lowest BCUT2D eigenvalue weighted by Gasteiger charge is -2.36. The average molecular weight is 344 g/mol. The summed E-state index contributed by atoms with van der Waals surface area (Å²) in [5.74, 6) is 0.361. The molecule has 1 aromatic carbocycles. The van der Waals surface area contributed by atoms with Gasteiger partial charge in [-0.1, -0.05) is 19.9 Å². The molecule has 1 amide bonds. The van der Waals surface area contributed by atoms with Crippen LogP contribution in [0.3, 0.4) is 0 Å². The molecule has 25 heavy (non-hydrogen) atoms. The van der Waals surface area contributed by atoms with Gasteiger partial charge >= 0.3 is 0 Å². The van der Waals surface area contributed by atoms with Crippen molar-refractivity contribution in [2.75, 3.05) is 32.8 Å². The second-order valence-corrected chi connectivity index (χ2v) is 6.47. The fourth-order valence-corrected chi connectivity index (χ4v) is 3.06. The summed E-state index contributed by atoms with van der Waals surface area (Å²) in [6, 6.07) is 7.56. The van der Waals surface area contributed by atoms with Gasteiger partial charge < -0.3 is 10.1 Å². The normalized spacial score (nSPS) is 16.8. The Bertz CT molecular complexity index is 682. The third-order valence-corrected chi connectivity index (χ3v) is 4.48. The van der Waals surface area contributed by atoms with Crippen molar-refractivity contribution in [1.82, 2.24) is 30.4 Å².